The topological polar surface area (TPSA) is 330 Å². The summed E-state index contributed by atoms with van der Waals surface area (Å²) in [6, 6.07) is 9.07. The van der Waals surface area contributed by atoms with Crippen LogP contribution in [0, 0.1) is 11.8 Å². The number of halogens is 37. The van der Waals surface area contributed by atoms with E-state index in [1.165, 1.54) is 51.0 Å². The molecule has 0 aliphatic heterocycles. The molecule has 0 heterocycles. The fourth-order valence-corrected chi connectivity index (χ4v) is 10.8. The number of benzene rings is 6. The largest absolute Gasteiger partial charge is 1.00 e. The molecular weight excluding hydrogens is 2080 g/mol. The number of quaternary nitrogens is 2. The van der Waals surface area contributed by atoms with Crippen LogP contribution in [0.4, 0.5) is 158 Å². The predicted octanol–water partition coefficient (Wildman–Crippen LogP) is 20.3. The molecule has 0 fully saturated rings. The second-order valence-electron chi connectivity index (χ2n) is 30.3. The molecule has 0 bridgehead atoms. The van der Waals surface area contributed by atoms with E-state index in [9.17, 15) is 187 Å². The Morgan fingerprint density at radius 2 is 0.688 bits per heavy atom. The van der Waals surface area contributed by atoms with Crippen molar-refractivity contribution in [3.8, 4) is 5.75 Å². The number of amides is 3. The van der Waals surface area contributed by atoms with E-state index in [2.05, 4.69) is 71.4 Å². The van der Waals surface area contributed by atoms with Crippen molar-refractivity contribution in [3.05, 3.63) is 203 Å². The molecule has 0 aromatic heterocycles. The maximum absolute atomic E-state index is 12.8. The smallest absolute Gasteiger partial charge is 0.870 e. The number of hydrogen-bond acceptors (Lipinski definition) is 13. The summed E-state index contributed by atoms with van der Waals surface area (Å²) in [5.74, 6) is -6.30. The molecule has 57 heteroatoms. The van der Waals surface area contributed by atoms with Crippen LogP contribution in [0.5, 0.6) is 5.75 Å². The van der Waals surface area contributed by atoms with E-state index in [1.54, 1.807) is 0 Å². The minimum Gasteiger partial charge on any atom is -0.870 e. The normalized spacial score (nSPS) is 12.8. The first-order chi connectivity index (χ1) is 62.7. The van der Waals surface area contributed by atoms with Crippen molar-refractivity contribution in [2.75, 3.05) is 39.3 Å². The van der Waals surface area contributed by atoms with Gasteiger partial charge in [0.05, 0.1) is 74.3 Å². The average Bonchev–Trinajstić information content (AvgIpc) is 0.799. The van der Waals surface area contributed by atoms with Gasteiger partial charge in [-0.05, 0) is 159 Å². The van der Waals surface area contributed by atoms with Crippen LogP contribution in [-0.2, 0) is 105 Å². The van der Waals surface area contributed by atoms with Crippen LogP contribution >= 0.6 is 15.9 Å². The summed E-state index contributed by atoms with van der Waals surface area (Å²) < 4.78 is 463. The van der Waals surface area contributed by atoms with Gasteiger partial charge in [0.15, 0.2) is 8.07 Å². The second kappa shape index (κ2) is 61.7. The number of carbonyl (C=O) groups is 6. The average molecular weight is 2180 g/mol. The third-order valence-corrected chi connectivity index (χ3v) is 20.2. The zero-order valence-electron chi connectivity index (χ0n) is 74.9. The van der Waals surface area contributed by atoms with Gasteiger partial charge in [-0.3, -0.25) is 28.8 Å². The van der Waals surface area contributed by atoms with Gasteiger partial charge in [-0.15, -0.1) is 0 Å². The molecular formula is C84H102BrF36LiN8O10Si+2. The second-order valence-corrected chi connectivity index (χ2v) is 36.3. The van der Waals surface area contributed by atoms with Crippen molar-refractivity contribution in [3.63, 3.8) is 0 Å². The van der Waals surface area contributed by atoms with Crippen molar-refractivity contribution in [1.29, 1.82) is 0 Å². The Hall–Kier alpha value is -9.33. The monoisotopic (exact) mass is 2180 g/mol. The van der Waals surface area contributed by atoms with Gasteiger partial charge < -0.3 is 64.3 Å². The molecule has 0 radical (unpaired) electrons. The molecule has 6 aromatic carbocycles. The fourth-order valence-electron chi connectivity index (χ4n) is 10.3. The van der Waals surface area contributed by atoms with Gasteiger partial charge in [-0.1, -0.05) is 109 Å². The van der Waals surface area contributed by atoms with Crippen LogP contribution in [-0.4, -0.2) is 108 Å². The summed E-state index contributed by atoms with van der Waals surface area (Å²) in [6.07, 6.45) is -46.9. The number of nitrogens with two attached hydrogens (primary N) is 3. The predicted molar refractivity (Wildman–Crippen MR) is 441 cm³/mol. The van der Waals surface area contributed by atoms with Crippen LogP contribution in [0.1, 0.15) is 203 Å². The number of hydrogen-bond donors (Lipinski definition) is 8. The van der Waals surface area contributed by atoms with Crippen LogP contribution in [0.2, 0.25) is 19.6 Å². The molecule has 3 amide bonds. The number of carbonyl (C=O) groups excluding carboxylic acids is 6. The van der Waals surface area contributed by atoms with E-state index in [1.807, 2.05) is 13.8 Å². The molecule has 0 aliphatic carbocycles. The van der Waals surface area contributed by atoms with E-state index < -0.39 is 196 Å². The zero-order chi connectivity index (χ0) is 108. The third-order valence-electron chi connectivity index (χ3n) is 17.8. The first-order valence-electron chi connectivity index (χ1n) is 39.9. The molecule has 800 valence electrons. The van der Waals surface area contributed by atoms with Crippen molar-refractivity contribution >= 4 is 61.1 Å². The van der Waals surface area contributed by atoms with Gasteiger partial charge in [0.2, 0.25) is 0 Å². The SMILES string of the molecule is C.CCCC[C@H](C)CN.CCCC[C@H](C)CNC(=O)c1ccc(C(F)(F)F)c(C(F)(F)F)c1.C[Si](C)(C)C(F)(F)F.NCCC[C@H](N)CNC(=O)c1ccc(C(F)(F)F)c(C(F)(F)F)c1.O=COCc1ccc(Br)c(C(F)(F)F)c1.O=COCc1ccc(C(F)(F)F)c(C(F)(F)F)c1.O=COc1ccc(C(F)(F)F)c(C(F)(F)F)c1.[Li+].[NH3+]CCC[C@H]([NH3+])CNC(=O)c1ccc(C(F)(F)F)c(C(F)(F)F)c1.[OH-]. The Morgan fingerprint density at radius 1 is 0.397 bits per heavy atom. The van der Waals surface area contributed by atoms with E-state index in [4.69, 9.17) is 17.2 Å². The maximum atomic E-state index is 12.8. The molecule has 4 atom stereocenters. The molecule has 0 saturated carbocycles. The fraction of sp³-hybridized carbons (Fsp3) is 0.500. The standard InChI is InChI=1S/C16H19F6NO.2C14H17F6N3O.C10H6F6O2.C9H6BrF3O2.C9H4F6O2.C7H17N.C4H9F3Si.CH4.Li.H2O/c1-3-4-5-10(2)9-23-14(24)11-6-7-12(15(17,18)19)13(8-11)16(20,21)22;2*15-13(16,17)10-4-3-8(6-11(10)14(18,19)20)12(24)23-7-9(22)2-1-5-21;11-9(12,13)7-2-1-6(4-18-5-17)3-8(7)10(14,15)16;10-8-2-1-6(4-15-5-14)3-7(8)9(11,12)13;10-8(11,12)6-2-1-5(17-4-16)3-7(6)9(13,14)15;1-3-4-5-7(2)6-8;1-8(2,3)4(5,6)7;;;/h6-8,10H,3-5,9H2,1-2H3,(H,23,24);2*3-4,6,9H,1-2,5,7,21-22H2,(H,23,24);1-3,5H,4H2;1-3,5H,4H2;1-4H;7H,3-6,8H2,1-2H3;1-3H3;1H4;;1H2/q;;;;;;;;;+1;/p+1/t10-;2*9-;;;;7-;;;;/m000...0..../s1. The van der Waals surface area contributed by atoms with Gasteiger partial charge in [-0.2, -0.15) is 158 Å². The Labute approximate surface area is 805 Å². The van der Waals surface area contributed by atoms with Crippen molar-refractivity contribution in [1.82, 2.24) is 16.0 Å². The van der Waals surface area contributed by atoms with E-state index in [0.717, 1.165) is 62.4 Å². The first-order valence-corrected chi connectivity index (χ1v) is 44.2. The van der Waals surface area contributed by atoms with Crippen LogP contribution in [0.25, 0.3) is 0 Å². The van der Waals surface area contributed by atoms with Gasteiger partial charge in [0.25, 0.3) is 37.1 Å². The van der Waals surface area contributed by atoms with E-state index >= 15 is 0 Å². The Kier molecular flexibility index (Phi) is 61.3. The van der Waals surface area contributed by atoms with Crippen LogP contribution < -0.4 is 68.2 Å². The van der Waals surface area contributed by atoms with Crippen LogP contribution in [0.3, 0.4) is 0 Å². The summed E-state index contributed by atoms with van der Waals surface area (Å²) in [4.78, 5) is 65.2. The number of ether oxygens (including phenoxy) is 3. The zero-order valence-corrected chi connectivity index (χ0v) is 77.5. The molecule has 0 aliphatic rings. The van der Waals surface area contributed by atoms with Crippen molar-refractivity contribution in [2.45, 2.75) is 218 Å². The quantitative estimate of drug-likeness (QED) is 0.0118. The molecule has 6 rings (SSSR count). The summed E-state index contributed by atoms with van der Waals surface area (Å²) in [5.41, 5.74) is 3.24. The number of rotatable bonds is 30. The van der Waals surface area contributed by atoms with Crippen LogP contribution in [0.15, 0.2) is 114 Å². The van der Waals surface area contributed by atoms with Gasteiger partial charge in [0, 0.05) is 53.1 Å². The Bertz CT molecular complexity index is 4460. The van der Waals surface area contributed by atoms with Gasteiger partial charge >= 0.3 is 92.6 Å². The summed E-state index contributed by atoms with van der Waals surface area (Å²) in [6.45, 7) is 13.7. The third kappa shape index (κ3) is 54.3. The minimum absolute atomic E-state index is 0. The van der Waals surface area contributed by atoms with Crippen molar-refractivity contribution in [2.24, 2.45) is 29.0 Å². The van der Waals surface area contributed by atoms with Gasteiger partial charge in [0.1, 0.15) is 25.0 Å². The molecule has 141 heavy (non-hydrogen) atoms. The summed E-state index contributed by atoms with van der Waals surface area (Å²) in [5, 5.41) is 7.12. The molecule has 16 N–H and O–H groups in total. The van der Waals surface area contributed by atoms with Gasteiger partial charge in [-0.25, -0.2) is 0 Å². The van der Waals surface area contributed by atoms with Crippen molar-refractivity contribution < 1.29 is 237 Å². The first kappa shape index (κ1) is 140. The van der Waals surface area contributed by atoms with E-state index in [-0.39, 0.29) is 154 Å². The maximum Gasteiger partial charge on any atom is 1.00 e. The number of alkyl halides is 36. The number of nitrogens with one attached hydrogen (secondary N) is 3. The molecule has 0 spiro atoms. The molecule has 0 unspecified atom stereocenters. The molecule has 18 nitrogen and oxygen atoms in total. The Balaban J connectivity index is -0.000000509. The number of unbranched alkanes of at least 4 members (excludes halogenated alkanes) is 2. The minimum atomic E-state index is -5.24. The molecule has 6 aromatic rings. The summed E-state index contributed by atoms with van der Waals surface area (Å²) >= 11 is 2.80. The Morgan fingerprint density at radius 3 is 0.986 bits per heavy atom. The molecule has 0 saturated heterocycles. The van der Waals surface area contributed by atoms with E-state index in [0.29, 0.717) is 56.6 Å². The summed E-state index contributed by atoms with van der Waals surface area (Å²) in [7, 11) is -2.86.